The van der Waals surface area contributed by atoms with E-state index in [4.69, 9.17) is 22.1 Å². The first-order valence-electron chi connectivity index (χ1n) is 12.0. The summed E-state index contributed by atoms with van der Waals surface area (Å²) in [5.74, 6) is -0.582. The molecule has 0 radical (unpaired) electrons. The van der Waals surface area contributed by atoms with E-state index in [1.165, 1.54) is 32.6 Å². The number of rotatable bonds is 7. The topological polar surface area (TPSA) is 140 Å². The standard InChI is InChI=1S/C27H29ClN6O4/c1-15(2)16-7-5-6-8-19(16)27(26(37)33-21-12-31-22(28)9-17(21)24(35)30-3)13-34(14-27)23-10-20(29)18(11-32-23)25(36)38-4/h5-12,15H,13-14H2,1-4H3,(H2,29,32)(H,30,35)(H,33,37). The number of benzene rings is 1. The van der Waals surface area contributed by atoms with Crippen LogP contribution in [-0.2, 0) is 14.9 Å². The van der Waals surface area contributed by atoms with Crippen LogP contribution >= 0.6 is 11.6 Å². The highest BCUT2D eigenvalue weighted by Crippen LogP contribution is 2.42. The predicted octanol–water partition coefficient (Wildman–Crippen LogP) is 3.38. The zero-order valence-electron chi connectivity index (χ0n) is 21.5. The molecule has 0 atom stereocenters. The fourth-order valence-corrected chi connectivity index (χ4v) is 4.80. The van der Waals surface area contributed by atoms with Gasteiger partial charge >= 0.3 is 5.97 Å². The number of nitrogen functional groups attached to an aromatic ring is 1. The summed E-state index contributed by atoms with van der Waals surface area (Å²) in [5, 5.41) is 5.61. The molecule has 0 unspecified atom stereocenters. The summed E-state index contributed by atoms with van der Waals surface area (Å²) >= 11 is 6.02. The second-order valence-corrected chi connectivity index (χ2v) is 9.77. The van der Waals surface area contributed by atoms with Gasteiger partial charge in [-0.2, -0.15) is 0 Å². The Bertz CT molecular complexity index is 1400. The zero-order chi connectivity index (χ0) is 27.6. The second-order valence-electron chi connectivity index (χ2n) is 9.39. The van der Waals surface area contributed by atoms with Crippen LogP contribution in [0, 0.1) is 0 Å². The molecule has 11 heteroatoms. The summed E-state index contributed by atoms with van der Waals surface area (Å²) in [6, 6.07) is 10.8. The molecule has 3 heterocycles. The molecule has 38 heavy (non-hydrogen) atoms. The van der Waals surface area contributed by atoms with Crippen LogP contribution in [0.5, 0.6) is 0 Å². The van der Waals surface area contributed by atoms with E-state index in [9.17, 15) is 14.4 Å². The van der Waals surface area contributed by atoms with Gasteiger partial charge in [0.25, 0.3) is 5.91 Å². The monoisotopic (exact) mass is 536 g/mol. The fraction of sp³-hybridized carbons (Fsp3) is 0.296. The Morgan fingerprint density at radius 3 is 2.45 bits per heavy atom. The van der Waals surface area contributed by atoms with Gasteiger partial charge in [-0.1, -0.05) is 49.7 Å². The number of methoxy groups -OCH3 is 1. The van der Waals surface area contributed by atoms with E-state index < -0.39 is 17.3 Å². The number of esters is 1. The number of carbonyl (C=O) groups is 3. The van der Waals surface area contributed by atoms with Crippen molar-refractivity contribution in [1.29, 1.82) is 0 Å². The first-order valence-corrected chi connectivity index (χ1v) is 12.4. The van der Waals surface area contributed by atoms with E-state index >= 15 is 0 Å². The highest BCUT2D eigenvalue weighted by molar-refractivity contribution is 6.30. The number of nitrogens with one attached hydrogen (secondary N) is 2. The van der Waals surface area contributed by atoms with E-state index in [2.05, 4.69) is 34.4 Å². The number of nitrogens with two attached hydrogens (primary N) is 1. The normalized spacial score (nSPS) is 14.0. The maximum absolute atomic E-state index is 14.0. The molecule has 1 saturated heterocycles. The maximum atomic E-state index is 14.0. The van der Waals surface area contributed by atoms with Gasteiger partial charge < -0.3 is 26.0 Å². The Hall–Kier alpha value is -4.18. The number of nitrogens with zero attached hydrogens (tertiary/aromatic N) is 3. The average molecular weight is 537 g/mol. The highest BCUT2D eigenvalue weighted by atomic mass is 35.5. The number of ether oxygens (including phenoxy) is 1. The summed E-state index contributed by atoms with van der Waals surface area (Å²) in [7, 11) is 2.77. The van der Waals surface area contributed by atoms with E-state index in [1.54, 1.807) is 6.07 Å². The average Bonchev–Trinajstić information content (AvgIpc) is 2.88. The van der Waals surface area contributed by atoms with Crippen LogP contribution in [0.1, 0.15) is 51.6 Å². The quantitative estimate of drug-likeness (QED) is 0.308. The smallest absolute Gasteiger partial charge is 0.341 e. The molecule has 2 amide bonds. The minimum absolute atomic E-state index is 0.135. The fourth-order valence-electron chi connectivity index (χ4n) is 4.65. The number of anilines is 3. The van der Waals surface area contributed by atoms with E-state index in [1.807, 2.05) is 29.2 Å². The van der Waals surface area contributed by atoms with Crippen LogP contribution in [0.25, 0.3) is 0 Å². The summed E-state index contributed by atoms with van der Waals surface area (Å²) in [6.07, 6.45) is 2.74. The van der Waals surface area contributed by atoms with Crippen molar-refractivity contribution in [2.24, 2.45) is 0 Å². The number of hydrogen-bond donors (Lipinski definition) is 3. The largest absolute Gasteiger partial charge is 0.465 e. The molecule has 1 aliphatic rings. The van der Waals surface area contributed by atoms with Crippen LogP contribution < -0.4 is 21.3 Å². The third kappa shape index (κ3) is 4.87. The molecule has 1 aromatic carbocycles. The van der Waals surface area contributed by atoms with Crippen molar-refractivity contribution < 1.29 is 19.1 Å². The number of amides is 2. The summed E-state index contributed by atoms with van der Waals surface area (Å²) in [5.41, 5.74) is 7.90. The summed E-state index contributed by atoms with van der Waals surface area (Å²) < 4.78 is 4.75. The zero-order valence-corrected chi connectivity index (χ0v) is 22.3. The van der Waals surface area contributed by atoms with Gasteiger partial charge in [0.2, 0.25) is 5.91 Å². The lowest BCUT2D eigenvalue weighted by atomic mass is 9.69. The van der Waals surface area contributed by atoms with Gasteiger partial charge in [-0.05, 0) is 23.1 Å². The molecule has 1 aliphatic heterocycles. The van der Waals surface area contributed by atoms with Gasteiger partial charge in [0.05, 0.1) is 30.2 Å². The minimum Gasteiger partial charge on any atom is -0.465 e. The molecular weight excluding hydrogens is 508 g/mol. The molecule has 10 nitrogen and oxygen atoms in total. The Kier molecular flexibility index (Phi) is 7.54. The number of aromatic nitrogens is 2. The van der Waals surface area contributed by atoms with E-state index in [-0.39, 0.29) is 39.5 Å². The molecule has 0 spiro atoms. The SMILES string of the molecule is CNC(=O)c1cc(Cl)ncc1NC(=O)C1(c2ccccc2C(C)C)CN(c2cc(N)c(C(=O)OC)cn2)C1. The lowest BCUT2D eigenvalue weighted by Crippen LogP contribution is -2.65. The number of halogens is 1. The van der Waals surface area contributed by atoms with Crippen molar-refractivity contribution in [1.82, 2.24) is 15.3 Å². The first-order chi connectivity index (χ1) is 18.1. The molecule has 0 aliphatic carbocycles. The van der Waals surface area contributed by atoms with Crippen molar-refractivity contribution in [2.45, 2.75) is 25.2 Å². The molecule has 0 bridgehead atoms. The van der Waals surface area contributed by atoms with Crippen molar-refractivity contribution in [3.63, 3.8) is 0 Å². The van der Waals surface area contributed by atoms with Crippen molar-refractivity contribution in [3.8, 4) is 0 Å². The Balaban J connectivity index is 1.72. The van der Waals surface area contributed by atoms with Crippen LogP contribution in [0.4, 0.5) is 17.2 Å². The molecule has 0 saturated carbocycles. The van der Waals surface area contributed by atoms with E-state index in [0.29, 0.717) is 18.9 Å². The van der Waals surface area contributed by atoms with Gasteiger partial charge in [0.1, 0.15) is 21.9 Å². The Labute approximate surface area is 225 Å². The van der Waals surface area contributed by atoms with Gasteiger partial charge in [-0.3, -0.25) is 9.59 Å². The van der Waals surface area contributed by atoms with Crippen LogP contribution in [0.3, 0.4) is 0 Å². The summed E-state index contributed by atoms with van der Waals surface area (Å²) in [6.45, 7) is 4.73. The predicted molar refractivity (Wildman–Crippen MR) is 146 cm³/mol. The van der Waals surface area contributed by atoms with Gasteiger partial charge in [0.15, 0.2) is 0 Å². The van der Waals surface area contributed by atoms with Gasteiger partial charge in [-0.25, -0.2) is 14.8 Å². The number of pyridine rings is 2. The third-order valence-electron chi connectivity index (χ3n) is 6.70. The first kappa shape index (κ1) is 26.9. The second kappa shape index (κ2) is 10.7. The number of hydrogen-bond acceptors (Lipinski definition) is 8. The minimum atomic E-state index is -0.960. The summed E-state index contributed by atoms with van der Waals surface area (Å²) in [4.78, 5) is 48.8. The Morgan fingerprint density at radius 2 is 1.82 bits per heavy atom. The molecule has 1 fully saturated rings. The molecule has 4 N–H and O–H groups in total. The van der Waals surface area contributed by atoms with Crippen molar-refractivity contribution >= 4 is 46.6 Å². The molecule has 4 rings (SSSR count). The Morgan fingerprint density at radius 1 is 1.11 bits per heavy atom. The van der Waals surface area contributed by atoms with Gasteiger partial charge in [-0.15, -0.1) is 0 Å². The van der Waals surface area contributed by atoms with Crippen LogP contribution in [0.2, 0.25) is 5.15 Å². The van der Waals surface area contributed by atoms with Crippen molar-refractivity contribution in [3.05, 3.63) is 76.2 Å². The van der Waals surface area contributed by atoms with Crippen LogP contribution in [0.15, 0.2) is 48.8 Å². The van der Waals surface area contributed by atoms with Gasteiger partial charge in [0, 0.05) is 32.4 Å². The van der Waals surface area contributed by atoms with E-state index in [0.717, 1.165) is 11.1 Å². The number of carbonyl (C=O) groups excluding carboxylic acids is 3. The van der Waals surface area contributed by atoms with Crippen molar-refractivity contribution in [2.75, 3.05) is 43.2 Å². The highest BCUT2D eigenvalue weighted by Gasteiger charge is 2.52. The lowest BCUT2D eigenvalue weighted by Gasteiger charge is -2.50. The maximum Gasteiger partial charge on any atom is 0.341 e. The molecule has 3 aromatic rings. The molecular formula is C27H29ClN6O4. The molecule has 198 valence electrons. The lowest BCUT2D eigenvalue weighted by molar-refractivity contribution is -0.122. The third-order valence-corrected chi connectivity index (χ3v) is 6.90. The molecule has 2 aromatic heterocycles. The van der Waals surface area contributed by atoms with Crippen LogP contribution in [-0.4, -0.2) is 55.0 Å².